The van der Waals surface area contributed by atoms with Crippen LogP contribution >= 0.6 is 38.9 Å². The highest BCUT2D eigenvalue weighted by Crippen LogP contribution is 2.24. The lowest BCUT2D eigenvalue weighted by Gasteiger charge is -2.02. The second-order valence-electron chi connectivity index (χ2n) is 4.41. The van der Waals surface area contributed by atoms with E-state index in [-0.39, 0.29) is 17.0 Å². The van der Waals surface area contributed by atoms with Crippen molar-refractivity contribution in [3.8, 4) is 6.07 Å². The molecule has 0 bridgehead atoms. The number of hydrogen-bond acceptors (Lipinski definition) is 4. The number of aromatic amines is 1. The Kier molecular flexibility index (Phi) is 4.12. The second-order valence-corrected chi connectivity index (χ2v) is 6.71. The van der Waals surface area contributed by atoms with Crippen LogP contribution in [-0.4, -0.2) is 9.97 Å². The smallest absolute Gasteiger partial charge is 0.259 e. The fourth-order valence-corrected chi connectivity index (χ4v) is 3.48. The summed E-state index contributed by atoms with van der Waals surface area (Å²) in [5.74, 6) is 0.229. The van der Waals surface area contributed by atoms with Crippen molar-refractivity contribution in [1.29, 1.82) is 5.26 Å². The molecule has 0 radical (unpaired) electrons. The first-order valence-corrected chi connectivity index (χ1v) is 8.17. The molecule has 3 aromatic rings. The van der Waals surface area contributed by atoms with Gasteiger partial charge in [-0.2, -0.15) is 5.26 Å². The minimum absolute atomic E-state index is 0.229. The summed E-state index contributed by atoms with van der Waals surface area (Å²) in [6.45, 7) is 0. The molecule has 0 amide bonds. The van der Waals surface area contributed by atoms with Gasteiger partial charge in [0.1, 0.15) is 6.07 Å². The number of hydrogen-bond donors (Lipinski definition) is 1. The van der Waals surface area contributed by atoms with Crippen LogP contribution in [0, 0.1) is 11.3 Å². The van der Waals surface area contributed by atoms with Crippen molar-refractivity contribution in [1.82, 2.24) is 9.97 Å². The standard InChI is InChI=1S/C15H7BrClN3OS/c16-9-4-11(22-7-9)3-8(6-18)14-19-13-5-10(17)1-2-12(13)15(21)20-14/h1-5,7H,(H,19,20,21)/b8-3-. The lowest BCUT2D eigenvalue weighted by atomic mass is 10.2. The topological polar surface area (TPSA) is 69.5 Å². The van der Waals surface area contributed by atoms with E-state index in [0.29, 0.717) is 15.9 Å². The van der Waals surface area contributed by atoms with Crippen LogP contribution in [0.3, 0.4) is 0 Å². The number of nitriles is 1. The van der Waals surface area contributed by atoms with E-state index in [4.69, 9.17) is 11.6 Å². The van der Waals surface area contributed by atoms with Crippen LogP contribution in [-0.2, 0) is 0 Å². The van der Waals surface area contributed by atoms with E-state index in [1.807, 2.05) is 11.4 Å². The zero-order chi connectivity index (χ0) is 15.7. The molecule has 0 unspecified atom stereocenters. The maximum atomic E-state index is 12.1. The fraction of sp³-hybridized carbons (Fsp3) is 0. The van der Waals surface area contributed by atoms with Crippen molar-refractivity contribution >= 4 is 61.4 Å². The Balaban J connectivity index is 2.18. The molecule has 0 saturated carbocycles. The predicted octanol–water partition coefficient (Wildman–Crippen LogP) is 4.46. The number of benzene rings is 1. The van der Waals surface area contributed by atoms with E-state index in [2.05, 4.69) is 32.0 Å². The minimum atomic E-state index is -0.301. The predicted molar refractivity (Wildman–Crippen MR) is 92.9 cm³/mol. The van der Waals surface area contributed by atoms with Gasteiger partial charge in [0.2, 0.25) is 0 Å². The Labute approximate surface area is 142 Å². The van der Waals surface area contributed by atoms with Gasteiger partial charge in [-0.3, -0.25) is 4.79 Å². The van der Waals surface area contributed by atoms with E-state index in [1.54, 1.807) is 24.3 Å². The van der Waals surface area contributed by atoms with Gasteiger partial charge in [-0.15, -0.1) is 11.3 Å². The maximum Gasteiger partial charge on any atom is 0.259 e. The van der Waals surface area contributed by atoms with Gasteiger partial charge >= 0.3 is 0 Å². The Bertz CT molecular complexity index is 1000. The zero-order valence-corrected chi connectivity index (χ0v) is 14.1. The van der Waals surface area contributed by atoms with E-state index in [1.165, 1.54) is 11.3 Å². The van der Waals surface area contributed by atoms with E-state index < -0.39 is 0 Å². The number of H-pyrrole nitrogens is 1. The van der Waals surface area contributed by atoms with Gasteiger partial charge in [-0.25, -0.2) is 4.98 Å². The maximum absolute atomic E-state index is 12.1. The molecule has 22 heavy (non-hydrogen) atoms. The molecule has 4 nitrogen and oxygen atoms in total. The van der Waals surface area contributed by atoms with E-state index >= 15 is 0 Å². The van der Waals surface area contributed by atoms with Gasteiger partial charge in [0, 0.05) is 19.8 Å². The number of thiophene rings is 1. The Hall–Kier alpha value is -1.94. The number of allylic oxidation sites excluding steroid dienone is 1. The molecule has 108 valence electrons. The van der Waals surface area contributed by atoms with Crippen LogP contribution in [0.4, 0.5) is 0 Å². The quantitative estimate of drug-likeness (QED) is 0.654. The monoisotopic (exact) mass is 391 g/mol. The summed E-state index contributed by atoms with van der Waals surface area (Å²) in [7, 11) is 0. The van der Waals surface area contributed by atoms with Crippen LogP contribution in [0.1, 0.15) is 10.7 Å². The Morgan fingerprint density at radius 1 is 1.45 bits per heavy atom. The van der Waals surface area contributed by atoms with Crippen molar-refractivity contribution in [2.24, 2.45) is 0 Å². The number of nitrogens with zero attached hydrogens (tertiary/aromatic N) is 2. The normalized spacial score (nSPS) is 11.6. The van der Waals surface area contributed by atoms with E-state index in [0.717, 1.165) is 9.35 Å². The third-order valence-corrected chi connectivity index (χ3v) is 4.79. The van der Waals surface area contributed by atoms with Crippen molar-refractivity contribution < 1.29 is 0 Å². The molecule has 3 rings (SSSR count). The third kappa shape index (κ3) is 2.97. The molecule has 1 aromatic carbocycles. The number of aromatic nitrogens is 2. The summed E-state index contributed by atoms with van der Waals surface area (Å²) < 4.78 is 0.938. The summed E-state index contributed by atoms with van der Waals surface area (Å²) in [5.41, 5.74) is 0.443. The van der Waals surface area contributed by atoms with Gasteiger partial charge in [0.25, 0.3) is 5.56 Å². The Morgan fingerprint density at radius 2 is 2.27 bits per heavy atom. The van der Waals surface area contributed by atoms with Gasteiger partial charge in [-0.1, -0.05) is 11.6 Å². The molecule has 0 saturated heterocycles. The van der Waals surface area contributed by atoms with Gasteiger partial charge in [-0.05, 0) is 46.3 Å². The number of nitrogens with one attached hydrogen (secondary N) is 1. The first kappa shape index (κ1) is 15.0. The van der Waals surface area contributed by atoms with Crippen LogP contribution < -0.4 is 5.56 Å². The SMILES string of the molecule is N#C/C(=C/c1cc(Br)cs1)c1nc2cc(Cl)ccc2c(=O)[nH]1. The second kappa shape index (κ2) is 6.05. The average molecular weight is 393 g/mol. The van der Waals surface area contributed by atoms with Crippen LogP contribution in [0.5, 0.6) is 0 Å². The van der Waals surface area contributed by atoms with Crippen LogP contribution in [0.2, 0.25) is 5.02 Å². The van der Waals surface area contributed by atoms with Gasteiger partial charge in [0.15, 0.2) is 5.82 Å². The van der Waals surface area contributed by atoms with Gasteiger partial charge < -0.3 is 4.98 Å². The zero-order valence-electron chi connectivity index (χ0n) is 10.9. The van der Waals surface area contributed by atoms with Crippen molar-refractivity contribution in [2.45, 2.75) is 0 Å². The molecule has 0 atom stereocenters. The molecule has 2 aromatic heterocycles. The number of fused-ring (bicyclic) bond motifs is 1. The first-order chi connectivity index (χ1) is 10.6. The highest BCUT2D eigenvalue weighted by molar-refractivity contribution is 9.10. The summed E-state index contributed by atoms with van der Waals surface area (Å²) >= 11 is 10.8. The molecule has 0 aliphatic rings. The molecule has 2 heterocycles. The number of rotatable bonds is 2. The van der Waals surface area contributed by atoms with Crippen molar-refractivity contribution in [3.63, 3.8) is 0 Å². The molecule has 0 aliphatic carbocycles. The lowest BCUT2D eigenvalue weighted by Crippen LogP contribution is -2.11. The Morgan fingerprint density at radius 3 is 2.95 bits per heavy atom. The minimum Gasteiger partial charge on any atom is -0.305 e. The lowest BCUT2D eigenvalue weighted by molar-refractivity contribution is 1.13. The number of halogens is 2. The molecule has 0 aliphatic heterocycles. The molecule has 7 heteroatoms. The van der Waals surface area contributed by atoms with Crippen molar-refractivity contribution in [2.75, 3.05) is 0 Å². The molecule has 1 N–H and O–H groups in total. The third-order valence-electron chi connectivity index (χ3n) is 2.92. The highest BCUT2D eigenvalue weighted by Gasteiger charge is 2.09. The van der Waals surface area contributed by atoms with Crippen LogP contribution in [0.25, 0.3) is 22.6 Å². The van der Waals surface area contributed by atoms with Gasteiger partial charge in [0.05, 0.1) is 16.5 Å². The van der Waals surface area contributed by atoms with E-state index in [9.17, 15) is 10.1 Å². The summed E-state index contributed by atoms with van der Waals surface area (Å²) in [6.07, 6.45) is 1.68. The molecule has 0 spiro atoms. The first-order valence-electron chi connectivity index (χ1n) is 6.12. The highest BCUT2D eigenvalue weighted by atomic mass is 79.9. The molecular weight excluding hydrogens is 386 g/mol. The average Bonchev–Trinajstić information content (AvgIpc) is 2.89. The van der Waals surface area contributed by atoms with Crippen LogP contribution in [0.15, 0.2) is 38.9 Å². The summed E-state index contributed by atoms with van der Waals surface area (Å²) in [5, 5.41) is 12.2. The summed E-state index contributed by atoms with van der Waals surface area (Å²) in [6, 6.07) is 8.80. The molecular formula is C15H7BrClN3OS. The summed E-state index contributed by atoms with van der Waals surface area (Å²) in [4.78, 5) is 20.0. The molecule has 0 fully saturated rings. The van der Waals surface area contributed by atoms with Crippen molar-refractivity contribution in [3.05, 3.63) is 60.2 Å². The fourth-order valence-electron chi connectivity index (χ4n) is 1.94. The largest absolute Gasteiger partial charge is 0.305 e.